The maximum absolute atomic E-state index is 12.5. The van der Waals surface area contributed by atoms with Gasteiger partial charge >= 0.3 is 0 Å². The minimum Gasteiger partial charge on any atom is -0.320 e. The second-order valence-electron chi connectivity index (χ2n) is 7.31. The lowest BCUT2D eigenvalue weighted by atomic mass is 10.2. The van der Waals surface area contributed by atoms with Gasteiger partial charge in [-0.3, -0.25) is 24.4 Å². The van der Waals surface area contributed by atoms with E-state index in [1.807, 2.05) is 34.9 Å². The molecule has 1 aromatic heterocycles. The number of halogens is 1. The van der Waals surface area contributed by atoms with Crippen LogP contribution in [0, 0.1) is 10.1 Å². The van der Waals surface area contributed by atoms with Crippen LogP contribution >= 0.6 is 23.4 Å². The largest absolute Gasteiger partial charge is 0.320 e. The number of benzene rings is 2. The summed E-state index contributed by atoms with van der Waals surface area (Å²) in [5.74, 6) is 0.451. The Labute approximate surface area is 193 Å². The van der Waals surface area contributed by atoms with Gasteiger partial charge in [0.15, 0.2) is 11.0 Å². The molecule has 3 aromatic rings. The molecule has 1 aliphatic rings. The Balaban J connectivity index is 1.50. The van der Waals surface area contributed by atoms with Crippen LogP contribution < -0.4 is 5.32 Å². The van der Waals surface area contributed by atoms with E-state index >= 15 is 0 Å². The van der Waals surface area contributed by atoms with Crippen LogP contribution in [0.3, 0.4) is 0 Å². The lowest BCUT2D eigenvalue weighted by Crippen LogP contribution is -2.21. The first kappa shape index (κ1) is 22.3. The average Bonchev–Trinajstić information content (AvgIpc) is 3.44. The lowest BCUT2D eigenvalue weighted by Gasteiger charge is -2.16. The number of rotatable bonds is 8. The van der Waals surface area contributed by atoms with Gasteiger partial charge in [0.25, 0.3) is 5.69 Å². The van der Waals surface area contributed by atoms with Crippen LogP contribution in [0.5, 0.6) is 0 Å². The topological polar surface area (TPSA) is 106 Å². The molecule has 2 heterocycles. The van der Waals surface area contributed by atoms with Crippen LogP contribution in [0.25, 0.3) is 5.69 Å². The number of thioether (sulfide) groups is 1. The van der Waals surface area contributed by atoms with Crippen LogP contribution in [0.4, 0.5) is 11.4 Å². The average molecular weight is 473 g/mol. The zero-order valence-electron chi connectivity index (χ0n) is 17.1. The fourth-order valence-electron chi connectivity index (χ4n) is 3.55. The lowest BCUT2D eigenvalue weighted by molar-refractivity contribution is -0.383. The number of carbonyl (C=O) groups excluding carboxylic acids is 1. The summed E-state index contributed by atoms with van der Waals surface area (Å²) in [6, 6.07) is 13.9. The van der Waals surface area contributed by atoms with E-state index in [1.54, 1.807) is 0 Å². The van der Waals surface area contributed by atoms with Gasteiger partial charge in [-0.05, 0) is 50.2 Å². The highest BCUT2D eigenvalue weighted by Gasteiger charge is 2.21. The highest BCUT2D eigenvalue weighted by Crippen LogP contribution is 2.29. The van der Waals surface area contributed by atoms with Gasteiger partial charge in [-0.1, -0.05) is 41.6 Å². The molecule has 9 nitrogen and oxygen atoms in total. The normalized spacial score (nSPS) is 13.9. The number of nitrogens with one attached hydrogen (secondary N) is 1. The van der Waals surface area contributed by atoms with E-state index in [-0.39, 0.29) is 28.1 Å². The van der Waals surface area contributed by atoms with Crippen molar-refractivity contribution in [3.63, 3.8) is 0 Å². The second kappa shape index (κ2) is 10.1. The molecule has 0 bridgehead atoms. The van der Waals surface area contributed by atoms with Crippen molar-refractivity contribution in [1.82, 2.24) is 19.7 Å². The molecule has 0 aliphatic carbocycles. The van der Waals surface area contributed by atoms with Crippen molar-refractivity contribution >= 4 is 40.6 Å². The van der Waals surface area contributed by atoms with E-state index in [2.05, 4.69) is 20.4 Å². The molecule has 0 unspecified atom stereocenters. The van der Waals surface area contributed by atoms with Crippen molar-refractivity contribution in [2.75, 3.05) is 24.2 Å². The maximum Gasteiger partial charge on any atom is 0.294 e. The zero-order chi connectivity index (χ0) is 22.5. The number of amides is 1. The van der Waals surface area contributed by atoms with E-state index in [4.69, 9.17) is 11.6 Å². The molecule has 1 aliphatic heterocycles. The molecule has 2 aromatic carbocycles. The summed E-state index contributed by atoms with van der Waals surface area (Å²) in [6.45, 7) is 2.75. The Bertz CT molecular complexity index is 1120. The number of para-hydroxylation sites is 1. The Morgan fingerprint density at radius 3 is 2.62 bits per heavy atom. The van der Waals surface area contributed by atoms with Gasteiger partial charge < -0.3 is 5.32 Å². The number of likely N-dealkylation sites (tertiary alicyclic amines) is 1. The molecule has 1 saturated heterocycles. The molecule has 1 fully saturated rings. The number of hydrogen-bond acceptors (Lipinski definition) is 7. The molecule has 32 heavy (non-hydrogen) atoms. The Kier molecular flexibility index (Phi) is 7.03. The molecule has 166 valence electrons. The smallest absolute Gasteiger partial charge is 0.294 e. The molecule has 1 amide bonds. The summed E-state index contributed by atoms with van der Waals surface area (Å²) in [5.41, 5.74) is 0.767. The fraction of sp³-hybridized carbons (Fsp3) is 0.286. The minimum atomic E-state index is -0.578. The summed E-state index contributed by atoms with van der Waals surface area (Å²) in [4.78, 5) is 25.5. The summed E-state index contributed by atoms with van der Waals surface area (Å²) < 4.78 is 1.96. The maximum atomic E-state index is 12.5. The van der Waals surface area contributed by atoms with E-state index in [0.717, 1.165) is 24.6 Å². The third-order valence-electron chi connectivity index (χ3n) is 5.04. The van der Waals surface area contributed by atoms with Crippen molar-refractivity contribution in [3.8, 4) is 5.69 Å². The number of nitro benzene ring substituents is 1. The molecule has 0 atom stereocenters. The SMILES string of the molecule is O=C(CSc1nnc(CN2CCCC2)n1-c1ccccc1)Nc1ccc(Cl)cc1[N+](=O)[O-]. The highest BCUT2D eigenvalue weighted by molar-refractivity contribution is 7.99. The van der Waals surface area contributed by atoms with E-state index in [0.29, 0.717) is 11.7 Å². The monoisotopic (exact) mass is 472 g/mol. The van der Waals surface area contributed by atoms with Gasteiger partial charge in [0.1, 0.15) is 5.69 Å². The number of carbonyl (C=O) groups is 1. The standard InChI is InChI=1S/C21H21ClN6O3S/c22-15-8-9-17(18(12-15)28(30)31)23-20(29)14-32-21-25-24-19(13-26-10-4-5-11-26)27(21)16-6-2-1-3-7-16/h1-3,6-9,12H,4-5,10-11,13-14H2,(H,23,29). The van der Waals surface area contributed by atoms with Gasteiger partial charge in [-0.2, -0.15) is 0 Å². The first-order valence-electron chi connectivity index (χ1n) is 10.1. The Hall–Kier alpha value is -2.95. The third kappa shape index (κ3) is 5.26. The molecule has 4 rings (SSSR count). The molecule has 11 heteroatoms. The molecular weight excluding hydrogens is 452 g/mol. The second-order valence-corrected chi connectivity index (χ2v) is 8.69. The minimum absolute atomic E-state index is 0.0223. The van der Waals surface area contributed by atoms with Gasteiger partial charge in [0.2, 0.25) is 5.91 Å². The highest BCUT2D eigenvalue weighted by atomic mass is 35.5. The number of anilines is 1. The summed E-state index contributed by atoms with van der Waals surface area (Å²) in [5, 5.41) is 23.3. The first-order chi connectivity index (χ1) is 15.5. The van der Waals surface area contributed by atoms with Crippen LogP contribution in [-0.4, -0.2) is 49.3 Å². The van der Waals surface area contributed by atoms with Crippen molar-refractivity contribution < 1.29 is 9.72 Å². The third-order valence-corrected chi connectivity index (χ3v) is 6.21. The van der Waals surface area contributed by atoms with Gasteiger partial charge in [-0.25, -0.2) is 0 Å². The Morgan fingerprint density at radius 1 is 1.16 bits per heavy atom. The van der Waals surface area contributed by atoms with E-state index in [1.165, 1.54) is 42.8 Å². The molecule has 0 radical (unpaired) electrons. The summed E-state index contributed by atoms with van der Waals surface area (Å²) in [6.07, 6.45) is 2.36. The summed E-state index contributed by atoms with van der Waals surface area (Å²) in [7, 11) is 0. The van der Waals surface area contributed by atoms with Crippen molar-refractivity contribution in [3.05, 3.63) is 69.5 Å². The van der Waals surface area contributed by atoms with Gasteiger partial charge in [-0.15, -0.1) is 10.2 Å². The molecule has 0 saturated carbocycles. The predicted octanol–water partition coefficient (Wildman–Crippen LogP) is 4.16. The van der Waals surface area contributed by atoms with Crippen molar-refractivity contribution in [1.29, 1.82) is 0 Å². The van der Waals surface area contributed by atoms with Crippen LogP contribution in [0.15, 0.2) is 53.7 Å². The quantitative estimate of drug-likeness (QED) is 0.298. The van der Waals surface area contributed by atoms with Crippen molar-refractivity contribution in [2.45, 2.75) is 24.5 Å². The van der Waals surface area contributed by atoms with E-state index < -0.39 is 4.92 Å². The van der Waals surface area contributed by atoms with Gasteiger partial charge in [0, 0.05) is 16.8 Å². The summed E-state index contributed by atoms with van der Waals surface area (Å²) >= 11 is 7.06. The van der Waals surface area contributed by atoms with Gasteiger partial charge in [0.05, 0.1) is 17.2 Å². The molecule has 1 N–H and O–H groups in total. The van der Waals surface area contributed by atoms with E-state index in [9.17, 15) is 14.9 Å². The van der Waals surface area contributed by atoms with Crippen molar-refractivity contribution in [2.24, 2.45) is 0 Å². The molecular formula is C21H21ClN6O3S. The number of nitro groups is 1. The predicted molar refractivity (Wildman–Crippen MR) is 123 cm³/mol. The zero-order valence-corrected chi connectivity index (χ0v) is 18.7. The van der Waals surface area contributed by atoms with Crippen LogP contribution in [-0.2, 0) is 11.3 Å². The van der Waals surface area contributed by atoms with Crippen LogP contribution in [0.1, 0.15) is 18.7 Å². The number of aromatic nitrogens is 3. The van der Waals surface area contributed by atoms with Crippen LogP contribution in [0.2, 0.25) is 5.02 Å². The fourth-order valence-corrected chi connectivity index (χ4v) is 4.49. The number of hydrogen-bond donors (Lipinski definition) is 1. The first-order valence-corrected chi connectivity index (χ1v) is 11.5. The molecule has 0 spiro atoms. The number of nitrogens with zero attached hydrogens (tertiary/aromatic N) is 5. The Morgan fingerprint density at radius 2 is 1.91 bits per heavy atom.